The molecule has 0 bridgehead atoms. The third kappa shape index (κ3) is 4.92. The van der Waals surface area contributed by atoms with Crippen LogP contribution in [-0.2, 0) is 4.79 Å². The van der Waals surface area contributed by atoms with Crippen LogP contribution in [0, 0.1) is 5.92 Å². The summed E-state index contributed by atoms with van der Waals surface area (Å²) in [4.78, 5) is 14.3. The van der Waals surface area contributed by atoms with Crippen LogP contribution in [0.1, 0.15) is 45.4 Å². The summed E-state index contributed by atoms with van der Waals surface area (Å²) in [6.45, 7) is 4.02. The largest absolute Gasteiger partial charge is 0.393 e. The number of amides is 1. The van der Waals surface area contributed by atoms with E-state index in [4.69, 9.17) is 18.0 Å². The number of hydrogen-bond acceptors (Lipinski definition) is 2. The minimum Gasteiger partial charge on any atom is -0.393 e. The summed E-state index contributed by atoms with van der Waals surface area (Å²) in [7, 11) is 0. The molecule has 2 N–H and O–H groups in total. The van der Waals surface area contributed by atoms with Gasteiger partial charge in [0.15, 0.2) is 0 Å². The third-order valence-electron chi connectivity index (χ3n) is 3.20. The molecule has 0 aromatic carbocycles. The van der Waals surface area contributed by atoms with Gasteiger partial charge in [-0.1, -0.05) is 19.1 Å². The summed E-state index contributed by atoms with van der Waals surface area (Å²) >= 11 is 4.82. The zero-order valence-corrected chi connectivity index (χ0v) is 10.9. The second-order valence-electron chi connectivity index (χ2n) is 4.74. The quantitative estimate of drug-likeness (QED) is 0.593. The van der Waals surface area contributed by atoms with E-state index in [9.17, 15) is 4.79 Å². The molecule has 16 heavy (non-hydrogen) atoms. The maximum absolute atomic E-state index is 11.8. The normalized spacial score (nSPS) is 21.9. The molecule has 4 heteroatoms. The molecule has 0 radical (unpaired) electrons. The Kier molecular flexibility index (Phi) is 5.74. The monoisotopic (exact) mass is 242 g/mol. The third-order valence-corrected chi connectivity index (χ3v) is 3.40. The number of nitrogens with zero attached hydrogens (tertiary/aromatic N) is 1. The van der Waals surface area contributed by atoms with Crippen LogP contribution in [-0.4, -0.2) is 28.9 Å². The highest BCUT2D eigenvalue weighted by atomic mass is 32.1. The smallest absolute Gasteiger partial charge is 0.222 e. The predicted molar refractivity (Wildman–Crippen MR) is 70.2 cm³/mol. The number of thiocarbonyl (C=S) groups is 1. The summed E-state index contributed by atoms with van der Waals surface area (Å²) in [5, 5.41) is 0. The molecule has 1 aliphatic rings. The van der Waals surface area contributed by atoms with Crippen molar-refractivity contribution >= 4 is 23.1 Å². The number of likely N-dealkylation sites (tertiary alicyclic amines) is 1. The van der Waals surface area contributed by atoms with E-state index in [1.54, 1.807) is 0 Å². The van der Waals surface area contributed by atoms with Gasteiger partial charge in [0.2, 0.25) is 5.91 Å². The second kappa shape index (κ2) is 6.84. The second-order valence-corrected chi connectivity index (χ2v) is 5.26. The Morgan fingerprint density at radius 2 is 2.25 bits per heavy atom. The van der Waals surface area contributed by atoms with E-state index in [1.165, 1.54) is 0 Å². The lowest BCUT2D eigenvalue weighted by atomic mass is 10.0. The van der Waals surface area contributed by atoms with Gasteiger partial charge in [-0.05, 0) is 38.0 Å². The van der Waals surface area contributed by atoms with Crippen molar-refractivity contribution in [1.82, 2.24) is 4.90 Å². The summed E-state index contributed by atoms with van der Waals surface area (Å²) in [6, 6.07) is 0. The van der Waals surface area contributed by atoms with Gasteiger partial charge >= 0.3 is 0 Å². The fourth-order valence-corrected chi connectivity index (χ4v) is 2.16. The molecule has 1 rings (SSSR count). The average molecular weight is 242 g/mol. The molecule has 1 heterocycles. The topological polar surface area (TPSA) is 46.3 Å². The van der Waals surface area contributed by atoms with Gasteiger partial charge in [0.1, 0.15) is 0 Å². The van der Waals surface area contributed by atoms with Gasteiger partial charge in [-0.2, -0.15) is 0 Å². The van der Waals surface area contributed by atoms with Crippen LogP contribution in [0.25, 0.3) is 0 Å². The van der Waals surface area contributed by atoms with E-state index in [0.717, 1.165) is 51.6 Å². The van der Waals surface area contributed by atoms with Gasteiger partial charge in [0.05, 0.1) is 4.99 Å². The predicted octanol–water partition coefficient (Wildman–Crippen LogP) is 2.09. The van der Waals surface area contributed by atoms with E-state index in [2.05, 4.69) is 6.92 Å². The lowest BCUT2D eigenvalue weighted by Gasteiger charge is -2.20. The van der Waals surface area contributed by atoms with Gasteiger partial charge < -0.3 is 10.6 Å². The van der Waals surface area contributed by atoms with Crippen molar-refractivity contribution in [3.05, 3.63) is 0 Å². The highest BCUT2D eigenvalue weighted by Gasteiger charge is 2.19. The number of unbranched alkanes of at least 4 members (excludes halogenated alkanes) is 1. The van der Waals surface area contributed by atoms with Crippen molar-refractivity contribution in [2.24, 2.45) is 11.7 Å². The van der Waals surface area contributed by atoms with E-state index in [0.29, 0.717) is 16.8 Å². The van der Waals surface area contributed by atoms with Crippen LogP contribution in [0.5, 0.6) is 0 Å². The molecule has 0 aliphatic carbocycles. The molecule has 1 fully saturated rings. The zero-order chi connectivity index (χ0) is 12.0. The molecular weight excluding hydrogens is 220 g/mol. The fourth-order valence-electron chi connectivity index (χ4n) is 2.01. The van der Waals surface area contributed by atoms with Gasteiger partial charge in [-0.3, -0.25) is 4.79 Å². The summed E-state index contributed by atoms with van der Waals surface area (Å²) < 4.78 is 0. The van der Waals surface area contributed by atoms with Crippen LogP contribution in [0.15, 0.2) is 0 Å². The Morgan fingerprint density at radius 3 is 2.94 bits per heavy atom. The van der Waals surface area contributed by atoms with Gasteiger partial charge in [0.25, 0.3) is 0 Å². The summed E-state index contributed by atoms with van der Waals surface area (Å²) in [6.07, 6.45) is 5.71. The minimum absolute atomic E-state index is 0.319. The first-order valence-corrected chi connectivity index (χ1v) is 6.56. The first kappa shape index (κ1) is 13.4. The van der Waals surface area contributed by atoms with Crippen LogP contribution < -0.4 is 5.73 Å². The lowest BCUT2D eigenvalue weighted by Crippen LogP contribution is -2.31. The molecule has 0 saturated carbocycles. The average Bonchev–Trinajstić information content (AvgIpc) is 2.38. The van der Waals surface area contributed by atoms with Crippen molar-refractivity contribution in [2.75, 3.05) is 13.1 Å². The zero-order valence-electron chi connectivity index (χ0n) is 10.1. The molecule has 0 aromatic rings. The molecule has 1 aliphatic heterocycles. The minimum atomic E-state index is 0.319. The summed E-state index contributed by atoms with van der Waals surface area (Å²) in [5.41, 5.74) is 5.43. The molecule has 0 spiro atoms. The standard InChI is InChI=1S/C12H22N2OS/c1-10-5-6-12(15)14(9-7-10)8-3-2-4-11(13)16/h10H,2-9H2,1H3,(H2,13,16). The molecule has 0 aromatic heterocycles. The number of carbonyl (C=O) groups is 1. The molecule has 1 unspecified atom stereocenters. The van der Waals surface area contributed by atoms with E-state index in [-0.39, 0.29) is 0 Å². The molecule has 3 nitrogen and oxygen atoms in total. The van der Waals surface area contributed by atoms with E-state index < -0.39 is 0 Å². The van der Waals surface area contributed by atoms with Gasteiger partial charge in [0, 0.05) is 19.5 Å². The highest BCUT2D eigenvalue weighted by molar-refractivity contribution is 7.80. The molecule has 1 saturated heterocycles. The van der Waals surface area contributed by atoms with Gasteiger partial charge in [-0.25, -0.2) is 0 Å². The molecule has 1 amide bonds. The maximum atomic E-state index is 11.8. The van der Waals surface area contributed by atoms with Gasteiger partial charge in [-0.15, -0.1) is 0 Å². The number of hydrogen-bond donors (Lipinski definition) is 1. The first-order valence-electron chi connectivity index (χ1n) is 6.15. The van der Waals surface area contributed by atoms with Crippen LogP contribution in [0.3, 0.4) is 0 Å². The van der Waals surface area contributed by atoms with Crippen LogP contribution >= 0.6 is 12.2 Å². The van der Waals surface area contributed by atoms with Crippen LogP contribution in [0.2, 0.25) is 0 Å². The lowest BCUT2D eigenvalue weighted by molar-refractivity contribution is -0.130. The van der Waals surface area contributed by atoms with E-state index in [1.807, 2.05) is 4.90 Å². The van der Waals surface area contributed by atoms with Crippen molar-refractivity contribution < 1.29 is 4.79 Å². The Bertz CT molecular complexity index is 255. The molecular formula is C12H22N2OS. The number of carbonyl (C=O) groups excluding carboxylic acids is 1. The Morgan fingerprint density at radius 1 is 1.50 bits per heavy atom. The Hall–Kier alpha value is -0.640. The maximum Gasteiger partial charge on any atom is 0.222 e. The molecule has 92 valence electrons. The van der Waals surface area contributed by atoms with E-state index >= 15 is 0 Å². The van der Waals surface area contributed by atoms with Crippen molar-refractivity contribution in [3.63, 3.8) is 0 Å². The fraction of sp³-hybridized carbons (Fsp3) is 0.833. The highest BCUT2D eigenvalue weighted by Crippen LogP contribution is 2.17. The number of rotatable bonds is 5. The van der Waals surface area contributed by atoms with Crippen molar-refractivity contribution in [3.8, 4) is 0 Å². The number of nitrogens with two attached hydrogens (primary N) is 1. The van der Waals surface area contributed by atoms with Crippen molar-refractivity contribution in [1.29, 1.82) is 0 Å². The Balaban J connectivity index is 2.24. The first-order chi connectivity index (χ1) is 7.59. The van der Waals surface area contributed by atoms with Crippen molar-refractivity contribution in [2.45, 2.75) is 45.4 Å². The summed E-state index contributed by atoms with van der Waals surface area (Å²) in [5.74, 6) is 1.00. The van der Waals surface area contributed by atoms with Crippen LogP contribution in [0.4, 0.5) is 0 Å². The molecule has 1 atom stereocenters. The SMILES string of the molecule is CC1CCC(=O)N(CCCCC(N)=S)CC1. The Labute approximate surface area is 103 Å².